The van der Waals surface area contributed by atoms with Crippen molar-refractivity contribution in [2.75, 3.05) is 0 Å². The molecule has 0 atom stereocenters. The zero-order valence-electron chi connectivity index (χ0n) is 11.8. The van der Waals surface area contributed by atoms with Gasteiger partial charge in [-0.2, -0.15) is 22.6 Å². The fourth-order valence-electron chi connectivity index (χ4n) is 2.31. The predicted octanol–water partition coefficient (Wildman–Crippen LogP) is 2.18. The molecule has 1 fully saturated rings. The van der Waals surface area contributed by atoms with E-state index in [4.69, 9.17) is 0 Å². The highest BCUT2D eigenvalue weighted by Crippen LogP contribution is 2.36. The molecule has 1 heterocycles. The molecule has 0 bridgehead atoms. The first-order chi connectivity index (χ1) is 10.8. The molecular formula is C13H13F3N4O2S. The van der Waals surface area contributed by atoms with Crippen molar-refractivity contribution in [2.24, 2.45) is 0 Å². The number of halogens is 3. The molecule has 3 rings (SSSR count). The molecule has 0 saturated heterocycles. The molecule has 1 saturated carbocycles. The summed E-state index contributed by atoms with van der Waals surface area (Å²) in [6.07, 6.45) is -2.27. The van der Waals surface area contributed by atoms with Crippen LogP contribution in [0.25, 0.3) is 0 Å². The first kappa shape index (κ1) is 15.9. The average Bonchev–Trinajstić information content (AvgIpc) is 3.15. The molecule has 6 nitrogen and oxygen atoms in total. The van der Waals surface area contributed by atoms with E-state index in [0.717, 1.165) is 16.7 Å². The topological polar surface area (TPSA) is 79.0 Å². The first-order valence-corrected chi connectivity index (χ1v) is 8.26. The van der Waals surface area contributed by atoms with E-state index < -0.39 is 21.8 Å². The highest BCUT2D eigenvalue weighted by atomic mass is 32.2. The van der Waals surface area contributed by atoms with Gasteiger partial charge in [0.1, 0.15) is 6.33 Å². The molecule has 1 N–H and O–H groups in total. The highest BCUT2D eigenvalue weighted by Gasteiger charge is 2.41. The molecule has 1 aromatic carbocycles. The molecule has 1 aliphatic rings. The zero-order valence-corrected chi connectivity index (χ0v) is 12.6. The van der Waals surface area contributed by atoms with Gasteiger partial charge in [0.05, 0.1) is 5.56 Å². The number of H-pyrrole nitrogens is 1. The van der Waals surface area contributed by atoms with E-state index in [9.17, 15) is 21.6 Å². The summed E-state index contributed by atoms with van der Waals surface area (Å²) in [7, 11) is -4.02. The van der Waals surface area contributed by atoms with Crippen LogP contribution in [0, 0.1) is 0 Å². The van der Waals surface area contributed by atoms with Gasteiger partial charge in [-0.05, 0) is 24.5 Å². The maximum Gasteiger partial charge on any atom is 0.416 e. The summed E-state index contributed by atoms with van der Waals surface area (Å²) in [6.45, 7) is -0.358. The normalized spacial score (nSPS) is 16.0. The Labute approximate surface area is 130 Å². The van der Waals surface area contributed by atoms with Gasteiger partial charge in [-0.15, -0.1) is 0 Å². The third-order valence-electron chi connectivity index (χ3n) is 3.55. The van der Waals surface area contributed by atoms with Gasteiger partial charge in [0.15, 0.2) is 0 Å². The first-order valence-electron chi connectivity index (χ1n) is 6.82. The van der Waals surface area contributed by atoms with Crippen molar-refractivity contribution in [3.63, 3.8) is 0 Å². The van der Waals surface area contributed by atoms with Crippen LogP contribution in [0.15, 0.2) is 35.7 Å². The average molecular weight is 346 g/mol. The summed E-state index contributed by atoms with van der Waals surface area (Å²) < 4.78 is 65.4. The monoisotopic (exact) mass is 346 g/mol. The summed E-state index contributed by atoms with van der Waals surface area (Å²) in [5, 5.41) is 5.38. The number of nitrogens with zero attached hydrogens (tertiary/aromatic N) is 3. The Hall–Kier alpha value is -1.94. The molecular weight excluding hydrogens is 333 g/mol. The minimum Gasteiger partial charge on any atom is -0.249 e. The molecule has 2 aromatic rings. The van der Waals surface area contributed by atoms with E-state index in [1.54, 1.807) is 0 Å². The second-order valence-corrected chi connectivity index (χ2v) is 7.03. The Bertz CT molecular complexity index is 786. The number of aromatic nitrogens is 3. The molecule has 1 aliphatic carbocycles. The van der Waals surface area contributed by atoms with Crippen LogP contribution in [-0.2, 0) is 22.7 Å². The largest absolute Gasteiger partial charge is 0.416 e. The molecule has 0 radical (unpaired) electrons. The van der Waals surface area contributed by atoms with Gasteiger partial charge < -0.3 is 0 Å². The number of benzene rings is 1. The van der Waals surface area contributed by atoms with Gasteiger partial charge in [0.2, 0.25) is 0 Å². The Morgan fingerprint density at radius 2 is 1.96 bits per heavy atom. The predicted molar refractivity (Wildman–Crippen MR) is 73.6 cm³/mol. The lowest BCUT2D eigenvalue weighted by molar-refractivity contribution is -0.138. The van der Waals surface area contributed by atoms with Crippen molar-refractivity contribution >= 4 is 10.0 Å². The van der Waals surface area contributed by atoms with Crippen LogP contribution in [0.3, 0.4) is 0 Å². The smallest absolute Gasteiger partial charge is 0.249 e. The Morgan fingerprint density at radius 1 is 1.26 bits per heavy atom. The van der Waals surface area contributed by atoms with Crippen LogP contribution >= 0.6 is 0 Å². The number of rotatable bonds is 5. The molecule has 0 spiro atoms. The van der Waals surface area contributed by atoms with Crippen molar-refractivity contribution in [1.29, 1.82) is 0 Å². The molecule has 0 aliphatic heterocycles. The Morgan fingerprint density at radius 3 is 2.52 bits per heavy atom. The third kappa shape index (κ3) is 3.22. The lowest BCUT2D eigenvalue weighted by Crippen LogP contribution is -2.34. The molecule has 0 amide bonds. The van der Waals surface area contributed by atoms with E-state index in [2.05, 4.69) is 15.2 Å². The number of sulfonamides is 1. The Kier molecular flexibility index (Phi) is 3.88. The quantitative estimate of drug-likeness (QED) is 0.900. The minimum absolute atomic E-state index is 0.0880. The van der Waals surface area contributed by atoms with Crippen molar-refractivity contribution in [3.8, 4) is 0 Å². The summed E-state index contributed by atoms with van der Waals surface area (Å²) in [4.78, 5) is 3.61. The van der Waals surface area contributed by atoms with E-state index in [1.165, 1.54) is 18.2 Å². The van der Waals surface area contributed by atoms with Gasteiger partial charge in [-0.3, -0.25) is 0 Å². The van der Waals surface area contributed by atoms with E-state index in [0.29, 0.717) is 12.8 Å². The third-order valence-corrected chi connectivity index (χ3v) is 5.28. The van der Waals surface area contributed by atoms with Gasteiger partial charge >= 0.3 is 6.18 Å². The number of hydrogen-bond acceptors (Lipinski definition) is 4. The number of hydrogen-bond donors (Lipinski definition) is 1. The second-order valence-electron chi connectivity index (χ2n) is 5.23. The number of aromatic amines is 1. The second kappa shape index (κ2) is 5.60. The number of alkyl halides is 3. The minimum atomic E-state index is -4.54. The van der Waals surface area contributed by atoms with Crippen LogP contribution in [0.2, 0.25) is 0 Å². The molecule has 10 heteroatoms. The summed E-state index contributed by atoms with van der Waals surface area (Å²) >= 11 is 0. The van der Waals surface area contributed by atoms with Crippen molar-refractivity contribution in [2.45, 2.75) is 36.8 Å². The molecule has 124 valence electrons. The summed E-state index contributed by atoms with van der Waals surface area (Å²) in [5.41, 5.74) is -0.923. The van der Waals surface area contributed by atoms with Crippen molar-refractivity contribution in [1.82, 2.24) is 19.5 Å². The SMILES string of the molecule is O=S(=O)(c1ncn[nH]1)N(Cc1ccccc1C(F)(F)F)C1CC1. The van der Waals surface area contributed by atoms with E-state index in [-0.39, 0.29) is 23.3 Å². The van der Waals surface area contributed by atoms with Crippen LogP contribution in [-0.4, -0.2) is 33.9 Å². The molecule has 0 unspecified atom stereocenters. The zero-order chi connectivity index (χ0) is 16.7. The standard InChI is InChI=1S/C13H13F3N4O2S/c14-13(15,16)11-4-2-1-3-9(11)7-20(10-5-6-10)23(21,22)12-17-8-18-19-12/h1-4,8,10H,5-7H2,(H,17,18,19). The van der Waals surface area contributed by atoms with Crippen molar-refractivity contribution in [3.05, 3.63) is 41.7 Å². The fourth-order valence-corrected chi connectivity index (χ4v) is 3.79. The van der Waals surface area contributed by atoms with Gasteiger partial charge in [-0.1, -0.05) is 18.2 Å². The number of nitrogens with one attached hydrogen (secondary N) is 1. The van der Waals surface area contributed by atoms with E-state index in [1.807, 2.05) is 0 Å². The van der Waals surface area contributed by atoms with Crippen LogP contribution in [0.5, 0.6) is 0 Å². The lowest BCUT2D eigenvalue weighted by Gasteiger charge is -2.22. The highest BCUT2D eigenvalue weighted by molar-refractivity contribution is 7.88. The van der Waals surface area contributed by atoms with Crippen LogP contribution < -0.4 is 0 Å². The van der Waals surface area contributed by atoms with Crippen molar-refractivity contribution < 1.29 is 21.6 Å². The summed E-state index contributed by atoms with van der Waals surface area (Å²) in [6, 6.07) is 4.65. The fraction of sp³-hybridized carbons (Fsp3) is 0.385. The summed E-state index contributed by atoms with van der Waals surface area (Å²) in [5.74, 6) is 0. The maximum absolute atomic E-state index is 13.1. The van der Waals surface area contributed by atoms with Crippen LogP contribution in [0.4, 0.5) is 13.2 Å². The van der Waals surface area contributed by atoms with Gasteiger partial charge in [0, 0.05) is 12.6 Å². The molecule has 23 heavy (non-hydrogen) atoms. The maximum atomic E-state index is 13.1. The molecule has 1 aromatic heterocycles. The van der Waals surface area contributed by atoms with E-state index >= 15 is 0 Å². The van der Waals surface area contributed by atoms with Gasteiger partial charge in [0.25, 0.3) is 15.2 Å². The Balaban J connectivity index is 1.97. The lowest BCUT2D eigenvalue weighted by atomic mass is 10.1. The van der Waals surface area contributed by atoms with Crippen LogP contribution in [0.1, 0.15) is 24.0 Å². The van der Waals surface area contributed by atoms with Gasteiger partial charge in [-0.25, -0.2) is 18.5 Å².